The lowest BCUT2D eigenvalue weighted by Gasteiger charge is -2.22. The van der Waals surface area contributed by atoms with Crippen molar-refractivity contribution in [2.45, 2.75) is 25.4 Å². The Morgan fingerprint density at radius 1 is 1.48 bits per heavy atom. The van der Waals surface area contributed by atoms with Gasteiger partial charge in [0.15, 0.2) is 0 Å². The third-order valence-electron chi connectivity index (χ3n) is 3.69. The van der Waals surface area contributed by atoms with Gasteiger partial charge in [-0.3, -0.25) is 0 Å². The van der Waals surface area contributed by atoms with Gasteiger partial charge in [0.2, 0.25) is 0 Å². The van der Waals surface area contributed by atoms with Crippen molar-refractivity contribution in [3.63, 3.8) is 0 Å². The Balaban J connectivity index is 2.01. The lowest BCUT2D eigenvalue weighted by molar-refractivity contribution is 0.411. The Kier molecular flexibility index (Phi) is 5.21. The first-order valence-electron chi connectivity index (χ1n) is 7.03. The van der Waals surface area contributed by atoms with Crippen LogP contribution in [0.1, 0.15) is 18.4 Å². The molecular weight excluding hydrogens is 290 g/mol. The number of ether oxygens (including phenoxy) is 1. The highest BCUT2D eigenvalue weighted by atomic mass is 32.2. The molecule has 0 aliphatic heterocycles. The summed E-state index contributed by atoms with van der Waals surface area (Å²) in [6, 6.07) is 7.20. The summed E-state index contributed by atoms with van der Waals surface area (Å²) in [5, 5.41) is 0. The van der Waals surface area contributed by atoms with Crippen molar-refractivity contribution in [2.24, 2.45) is 11.7 Å². The number of benzene rings is 1. The molecule has 0 saturated heterocycles. The highest BCUT2D eigenvalue weighted by molar-refractivity contribution is 7.87. The Morgan fingerprint density at radius 3 is 2.76 bits per heavy atom. The second-order valence-corrected chi connectivity index (χ2v) is 7.22. The molecule has 118 valence electrons. The van der Waals surface area contributed by atoms with Crippen LogP contribution in [0.5, 0.6) is 5.75 Å². The van der Waals surface area contributed by atoms with E-state index in [-0.39, 0.29) is 12.6 Å². The molecule has 0 amide bonds. The van der Waals surface area contributed by atoms with E-state index in [1.807, 2.05) is 24.3 Å². The van der Waals surface area contributed by atoms with E-state index >= 15 is 0 Å². The molecule has 0 radical (unpaired) electrons. The van der Waals surface area contributed by atoms with Gasteiger partial charge in [-0.2, -0.15) is 17.4 Å². The fourth-order valence-electron chi connectivity index (χ4n) is 2.23. The topological polar surface area (TPSA) is 84.7 Å². The van der Waals surface area contributed by atoms with Gasteiger partial charge in [-0.05, 0) is 36.5 Å². The molecule has 1 fully saturated rings. The van der Waals surface area contributed by atoms with E-state index in [1.165, 1.54) is 4.31 Å². The standard InChI is InChI=1S/C14H23N3O3S/c1-17(10-11-4-3-5-13(8-11)20-2)21(18,19)16-14(9-15)12-6-7-12/h3-5,8,12,14,16H,6-7,9-10,15H2,1-2H3. The van der Waals surface area contributed by atoms with Gasteiger partial charge in [-0.25, -0.2) is 0 Å². The number of nitrogens with zero attached hydrogens (tertiary/aromatic N) is 1. The monoisotopic (exact) mass is 313 g/mol. The third-order valence-corrected chi connectivity index (χ3v) is 5.25. The minimum absolute atomic E-state index is 0.164. The molecule has 0 heterocycles. The molecule has 1 aliphatic carbocycles. The van der Waals surface area contributed by atoms with Crippen molar-refractivity contribution in [3.05, 3.63) is 29.8 Å². The molecule has 1 atom stereocenters. The average Bonchev–Trinajstić information content (AvgIpc) is 3.29. The van der Waals surface area contributed by atoms with Gasteiger partial charge < -0.3 is 10.5 Å². The molecule has 1 unspecified atom stereocenters. The first-order valence-corrected chi connectivity index (χ1v) is 8.47. The second kappa shape index (κ2) is 6.74. The Labute approximate surface area is 126 Å². The summed E-state index contributed by atoms with van der Waals surface area (Å²) >= 11 is 0. The minimum atomic E-state index is -3.53. The third kappa shape index (κ3) is 4.41. The van der Waals surface area contributed by atoms with Gasteiger partial charge in [0.1, 0.15) is 5.75 Å². The van der Waals surface area contributed by atoms with Crippen LogP contribution in [0, 0.1) is 5.92 Å². The van der Waals surface area contributed by atoms with Gasteiger partial charge in [0, 0.05) is 26.2 Å². The van der Waals surface area contributed by atoms with Crippen molar-refractivity contribution in [3.8, 4) is 5.75 Å². The zero-order valence-electron chi connectivity index (χ0n) is 12.5. The number of nitrogens with one attached hydrogen (secondary N) is 1. The molecule has 1 aliphatic rings. The van der Waals surface area contributed by atoms with Crippen LogP contribution in [0.15, 0.2) is 24.3 Å². The van der Waals surface area contributed by atoms with Crippen molar-refractivity contribution < 1.29 is 13.2 Å². The maximum absolute atomic E-state index is 12.3. The first-order chi connectivity index (χ1) is 9.96. The number of hydrogen-bond donors (Lipinski definition) is 2. The summed E-state index contributed by atoms with van der Waals surface area (Å²) in [5.41, 5.74) is 6.52. The molecule has 1 aromatic carbocycles. The molecular formula is C14H23N3O3S. The molecule has 0 aromatic heterocycles. The minimum Gasteiger partial charge on any atom is -0.497 e. The average molecular weight is 313 g/mol. The summed E-state index contributed by atoms with van der Waals surface area (Å²) < 4.78 is 33.8. The zero-order chi connectivity index (χ0) is 15.5. The quantitative estimate of drug-likeness (QED) is 0.740. The first kappa shape index (κ1) is 16.2. The fraction of sp³-hybridized carbons (Fsp3) is 0.571. The largest absolute Gasteiger partial charge is 0.497 e. The second-order valence-electron chi connectivity index (χ2n) is 5.41. The van der Waals surface area contributed by atoms with E-state index < -0.39 is 10.2 Å². The maximum Gasteiger partial charge on any atom is 0.279 e. The molecule has 0 bridgehead atoms. The van der Waals surface area contributed by atoms with Crippen molar-refractivity contribution in [2.75, 3.05) is 20.7 Å². The summed E-state index contributed by atoms with van der Waals surface area (Å²) in [4.78, 5) is 0. The molecule has 7 heteroatoms. The Morgan fingerprint density at radius 2 is 2.19 bits per heavy atom. The summed E-state index contributed by atoms with van der Waals surface area (Å²) in [7, 11) is -0.388. The van der Waals surface area contributed by atoms with Crippen molar-refractivity contribution in [1.29, 1.82) is 0 Å². The number of hydrogen-bond acceptors (Lipinski definition) is 4. The van der Waals surface area contributed by atoms with E-state index in [4.69, 9.17) is 10.5 Å². The van der Waals surface area contributed by atoms with Crippen LogP contribution >= 0.6 is 0 Å². The highest BCUT2D eigenvalue weighted by Crippen LogP contribution is 2.32. The lowest BCUT2D eigenvalue weighted by Crippen LogP contribution is -2.47. The van der Waals surface area contributed by atoms with Crippen molar-refractivity contribution >= 4 is 10.2 Å². The number of methoxy groups -OCH3 is 1. The van der Waals surface area contributed by atoms with Gasteiger partial charge in [-0.1, -0.05) is 12.1 Å². The predicted octanol–water partition coefficient (Wildman–Crippen LogP) is 0.699. The number of nitrogens with two attached hydrogens (primary N) is 1. The van der Waals surface area contributed by atoms with E-state index in [2.05, 4.69) is 4.72 Å². The molecule has 1 saturated carbocycles. The predicted molar refractivity (Wildman–Crippen MR) is 82.1 cm³/mol. The summed E-state index contributed by atoms with van der Waals surface area (Å²) in [6.07, 6.45) is 2.09. The number of rotatable bonds is 8. The van der Waals surface area contributed by atoms with Crippen LogP contribution in [0.3, 0.4) is 0 Å². The Hall–Kier alpha value is -1.15. The highest BCUT2D eigenvalue weighted by Gasteiger charge is 2.34. The van der Waals surface area contributed by atoms with E-state index in [1.54, 1.807) is 14.2 Å². The fourth-order valence-corrected chi connectivity index (χ4v) is 3.40. The van der Waals surface area contributed by atoms with Crippen LogP contribution in [-0.4, -0.2) is 39.5 Å². The SMILES string of the molecule is COc1cccc(CN(C)S(=O)(=O)NC(CN)C2CC2)c1. The molecule has 1 aromatic rings. The van der Waals surface area contributed by atoms with E-state index in [0.29, 0.717) is 18.2 Å². The van der Waals surface area contributed by atoms with Crippen LogP contribution in [0.4, 0.5) is 0 Å². The smallest absolute Gasteiger partial charge is 0.279 e. The summed E-state index contributed by atoms with van der Waals surface area (Å²) in [5.74, 6) is 1.10. The summed E-state index contributed by atoms with van der Waals surface area (Å²) in [6.45, 7) is 0.616. The van der Waals surface area contributed by atoms with Crippen LogP contribution in [-0.2, 0) is 16.8 Å². The normalized spacial score (nSPS) is 17.0. The molecule has 2 rings (SSSR count). The lowest BCUT2D eigenvalue weighted by atomic mass is 10.2. The van der Waals surface area contributed by atoms with Gasteiger partial charge in [0.05, 0.1) is 7.11 Å². The van der Waals surface area contributed by atoms with Gasteiger partial charge >= 0.3 is 0 Å². The van der Waals surface area contributed by atoms with Gasteiger partial charge in [-0.15, -0.1) is 0 Å². The molecule has 3 N–H and O–H groups in total. The molecule has 6 nitrogen and oxygen atoms in total. The molecule has 0 spiro atoms. The van der Waals surface area contributed by atoms with E-state index in [9.17, 15) is 8.42 Å². The van der Waals surface area contributed by atoms with Crippen LogP contribution in [0.25, 0.3) is 0 Å². The molecule has 21 heavy (non-hydrogen) atoms. The Bertz CT molecular complexity index is 573. The maximum atomic E-state index is 12.3. The van der Waals surface area contributed by atoms with E-state index in [0.717, 1.165) is 18.4 Å². The van der Waals surface area contributed by atoms with Crippen LogP contribution < -0.4 is 15.2 Å². The van der Waals surface area contributed by atoms with Crippen LogP contribution in [0.2, 0.25) is 0 Å². The van der Waals surface area contributed by atoms with Gasteiger partial charge in [0.25, 0.3) is 10.2 Å². The van der Waals surface area contributed by atoms with Crippen molar-refractivity contribution in [1.82, 2.24) is 9.03 Å². The zero-order valence-corrected chi connectivity index (χ0v) is 13.3.